The summed E-state index contributed by atoms with van der Waals surface area (Å²) in [5.41, 5.74) is 1.94. The van der Waals surface area contributed by atoms with Gasteiger partial charge >= 0.3 is 5.97 Å². The van der Waals surface area contributed by atoms with E-state index in [0.29, 0.717) is 30.2 Å². The van der Waals surface area contributed by atoms with Crippen molar-refractivity contribution >= 4 is 23.5 Å². The third kappa shape index (κ3) is 7.24. The molecule has 0 aliphatic rings. The molecular formula is C22H26ClNO4. The highest BCUT2D eigenvalue weighted by atomic mass is 35.5. The predicted octanol–water partition coefficient (Wildman–Crippen LogP) is 4.48. The molecule has 1 amide bonds. The predicted molar refractivity (Wildman–Crippen MR) is 110 cm³/mol. The van der Waals surface area contributed by atoms with Gasteiger partial charge in [-0.05, 0) is 55.2 Å². The summed E-state index contributed by atoms with van der Waals surface area (Å²) in [6.45, 7) is 2.06. The quantitative estimate of drug-likeness (QED) is 0.594. The Morgan fingerprint density at radius 2 is 1.89 bits per heavy atom. The summed E-state index contributed by atoms with van der Waals surface area (Å²) < 4.78 is 10.3. The van der Waals surface area contributed by atoms with Gasteiger partial charge in [-0.15, -0.1) is 0 Å². The Bertz CT molecular complexity index is 776. The molecule has 0 saturated heterocycles. The standard InChI is InChI=1S/C22H26ClNO4/c1-3-28-22(26)15-20(17-7-5-8-19(14-17)27-2)24-21(25)9-4-6-16-10-12-18(23)13-11-16/h5,7-8,10-14,20H,3-4,6,9,15H2,1-2H3,(H,24,25). The van der Waals surface area contributed by atoms with E-state index in [1.807, 2.05) is 48.5 Å². The maximum Gasteiger partial charge on any atom is 0.308 e. The number of nitrogens with one attached hydrogen (secondary N) is 1. The van der Waals surface area contributed by atoms with Gasteiger partial charge in [-0.1, -0.05) is 35.9 Å². The minimum Gasteiger partial charge on any atom is -0.497 e. The van der Waals surface area contributed by atoms with E-state index in [4.69, 9.17) is 21.1 Å². The fourth-order valence-corrected chi connectivity index (χ4v) is 2.99. The molecule has 1 atom stereocenters. The number of hydrogen-bond donors (Lipinski definition) is 1. The van der Waals surface area contributed by atoms with Crippen molar-refractivity contribution in [3.63, 3.8) is 0 Å². The number of carbonyl (C=O) groups is 2. The van der Waals surface area contributed by atoms with E-state index in [9.17, 15) is 9.59 Å². The molecule has 0 aliphatic heterocycles. The van der Waals surface area contributed by atoms with Crippen molar-refractivity contribution in [1.82, 2.24) is 5.32 Å². The van der Waals surface area contributed by atoms with E-state index in [2.05, 4.69) is 5.32 Å². The molecule has 0 spiro atoms. The lowest BCUT2D eigenvalue weighted by Crippen LogP contribution is -2.30. The monoisotopic (exact) mass is 403 g/mol. The van der Waals surface area contributed by atoms with Crippen LogP contribution in [0.3, 0.4) is 0 Å². The fraction of sp³-hybridized carbons (Fsp3) is 0.364. The number of hydrogen-bond acceptors (Lipinski definition) is 4. The van der Waals surface area contributed by atoms with Crippen LogP contribution >= 0.6 is 11.6 Å². The molecule has 2 aromatic carbocycles. The van der Waals surface area contributed by atoms with E-state index in [1.165, 1.54) is 0 Å². The number of amides is 1. The van der Waals surface area contributed by atoms with Crippen LogP contribution in [0.15, 0.2) is 48.5 Å². The number of benzene rings is 2. The molecule has 0 heterocycles. The second kappa shape index (κ2) is 11.3. The van der Waals surface area contributed by atoms with Crippen LogP contribution in [0, 0.1) is 0 Å². The van der Waals surface area contributed by atoms with Crippen molar-refractivity contribution in [2.24, 2.45) is 0 Å². The second-order valence-electron chi connectivity index (χ2n) is 6.39. The van der Waals surface area contributed by atoms with E-state index >= 15 is 0 Å². The molecule has 0 aromatic heterocycles. The average molecular weight is 404 g/mol. The highest BCUT2D eigenvalue weighted by molar-refractivity contribution is 6.30. The van der Waals surface area contributed by atoms with Crippen molar-refractivity contribution in [3.05, 3.63) is 64.7 Å². The molecule has 1 N–H and O–H groups in total. The molecule has 0 aliphatic carbocycles. The van der Waals surface area contributed by atoms with Crippen molar-refractivity contribution in [2.45, 2.75) is 38.6 Å². The Balaban J connectivity index is 1.96. The molecule has 0 saturated carbocycles. The molecule has 2 aromatic rings. The molecule has 0 radical (unpaired) electrons. The number of ether oxygens (including phenoxy) is 2. The summed E-state index contributed by atoms with van der Waals surface area (Å²) >= 11 is 5.89. The molecule has 6 heteroatoms. The average Bonchev–Trinajstić information content (AvgIpc) is 2.69. The lowest BCUT2D eigenvalue weighted by molar-refractivity contribution is -0.143. The summed E-state index contributed by atoms with van der Waals surface area (Å²) in [5, 5.41) is 3.65. The van der Waals surface area contributed by atoms with E-state index in [-0.39, 0.29) is 18.3 Å². The number of aryl methyl sites for hydroxylation is 1. The Kier molecular flexibility index (Phi) is 8.82. The number of carbonyl (C=O) groups excluding carboxylic acids is 2. The molecule has 2 rings (SSSR count). The van der Waals surface area contributed by atoms with Crippen LogP contribution in [0.25, 0.3) is 0 Å². The maximum absolute atomic E-state index is 12.4. The minimum atomic E-state index is -0.461. The molecule has 0 fully saturated rings. The summed E-state index contributed by atoms with van der Waals surface area (Å²) in [4.78, 5) is 24.4. The maximum atomic E-state index is 12.4. The number of methoxy groups -OCH3 is 1. The van der Waals surface area contributed by atoms with Crippen LogP contribution in [-0.4, -0.2) is 25.6 Å². The Hall–Kier alpha value is -2.53. The third-order valence-electron chi connectivity index (χ3n) is 4.29. The van der Waals surface area contributed by atoms with Crippen LogP contribution in [-0.2, 0) is 20.7 Å². The van der Waals surface area contributed by atoms with Crippen molar-refractivity contribution in [1.29, 1.82) is 0 Å². The zero-order valence-corrected chi connectivity index (χ0v) is 17.0. The highest BCUT2D eigenvalue weighted by Crippen LogP contribution is 2.22. The van der Waals surface area contributed by atoms with Gasteiger partial charge in [0.2, 0.25) is 5.91 Å². The van der Waals surface area contributed by atoms with Gasteiger partial charge in [-0.3, -0.25) is 9.59 Å². The van der Waals surface area contributed by atoms with Gasteiger partial charge in [0.15, 0.2) is 0 Å². The first-order valence-electron chi connectivity index (χ1n) is 9.35. The van der Waals surface area contributed by atoms with Gasteiger partial charge in [0, 0.05) is 11.4 Å². The van der Waals surface area contributed by atoms with Crippen LogP contribution in [0.5, 0.6) is 5.75 Å². The van der Waals surface area contributed by atoms with Gasteiger partial charge in [-0.2, -0.15) is 0 Å². The largest absolute Gasteiger partial charge is 0.497 e. The van der Waals surface area contributed by atoms with E-state index in [0.717, 1.165) is 17.5 Å². The zero-order valence-electron chi connectivity index (χ0n) is 16.2. The van der Waals surface area contributed by atoms with Gasteiger partial charge in [-0.25, -0.2) is 0 Å². The van der Waals surface area contributed by atoms with Gasteiger partial charge in [0.25, 0.3) is 0 Å². The van der Waals surface area contributed by atoms with Crippen LogP contribution in [0.2, 0.25) is 5.02 Å². The van der Waals surface area contributed by atoms with E-state index < -0.39 is 6.04 Å². The third-order valence-corrected chi connectivity index (χ3v) is 4.54. The van der Waals surface area contributed by atoms with Crippen LogP contribution in [0.4, 0.5) is 0 Å². The van der Waals surface area contributed by atoms with Gasteiger partial charge < -0.3 is 14.8 Å². The Morgan fingerprint density at radius 3 is 2.57 bits per heavy atom. The first kappa shape index (κ1) is 21.8. The van der Waals surface area contributed by atoms with Crippen molar-refractivity contribution in [2.75, 3.05) is 13.7 Å². The smallest absolute Gasteiger partial charge is 0.308 e. The molecule has 1 unspecified atom stereocenters. The number of halogens is 1. The van der Waals surface area contributed by atoms with E-state index in [1.54, 1.807) is 14.0 Å². The lowest BCUT2D eigenvalue weighted by Gasteiger charge is -2.19. The molecular weight excluding hydrogens is 378 g/mol. The van der Waals surface area contributed by atoms with Crippen molar-refractivity contribution in [3.8, 4) is 5.75 Å². The Morgan fingerprint density at radius 1 is 1.14 bits per heavy atom. The molecule has 150 valence electrons. The fourth-order valence-electron chi connectivity index (χ4n) is 2.87. The molecule has 0 bridgehead atoms. The first-order valence-corrected chi connectivity index (χ1v) is 9.73. The SMILES string of the molecule is CCOC(=O)CC(NC(=O)CCCc1ccc(Cl)cc1)c1cccc(OC)c1. The van der Waals surface area contributed by atoms with Crippen molar-refractivity contribution < 1.29 is 19.1 Å². The highest BCUT2D eigenvalue weighted by Gasteiger charge is 2.19. The summed E-state index contributed by atoms with van der Waals surface area (Å²) in [5.74, 6) is 0.214. The number of rotatable bonds is 10. The first-order chi connectivity index (χ1) is 13.5. The summed E-state index contributed by atoms with van der Waals surface area (Å²) in [6, 6.07) is 14.5. The number of esters is 1. The summed E-state index contributed by atoms with van der Waals surface area (Å²) in [6.07, 6.45) is 1.93. The van der Waals surface area contributed by atoms with Crippen LogP contribution in [0.1, 0.15) is 43.4 Å². The minimum absolute atomic E-state index is 0.0733. The van der Waals surface area contributed by atoms with Crippen LogP contribution < -0.4 is 10.1 Å². The second-order valence-corrected chi connectivity index (χ2v) is 6.82. The van der Waals surface area contributed by atoms with Gasteiger partial charge in [0.05, 0.1) is 26.2 Å². The Labute approximate surface area is 171 Å². The molecule has 28 heavy (non-hydrogen) atoms. The normalized spacial score (nSPS) is 11.5. The topological polar surface area (TPSA) is 64.6 Å². The zero-order chi connectivity index (χ0) is 20.4. The lowest BCUT2D eigenvalue weighted by atomic mass is 10.0. The summed E-state index contributed by atoms with van der Waals surface area (Å²) in [7, 11) is 1.58. The molecule has 5 nitrogen and oxygen atoms in total. The van der Waals surface area contributed by atoms with Gasteiger partial charge in [0.1, 0.15) is 5.75 Å².